The molecule has 3 heterocycles. The molecule has 0 fully saturated rings. The maximum Gasteiger partial charge on any atom is 0.256 e. The highest BCUT2D eigenvalue weighted by Gasteiger charge is 2.10. The van der Waals surface area contributed by atoms with Crippen molar-refractivity contribution in [2.45, 2.75) is 24.8 Å². The van der Waals surface area contributed by atoms with Crippen LogP contribution >= 0.6 is 23.1 Å². The lowest BCUT2D eigenvalue weighted by Crippen LogP contribution is -2.03. The van der Waals surface area contributed by atoms with Crippen molar-refractivity contribution in [1.82, 2.24) is 15.0 Å². The Morgan fingerprint density at radius 2 is 2.25 bits per heavy atom. The summed E-state index contributed by atoms with van der Waals surface area (Å²) in [6.07, 6.45) is 1.65. The molecular formula is C13H14N4OS2. The number of thiophene rings is 1. The Hall–Kier alpha value is -1.60. The van der Waals surface area contributed by atoms with Gasteiger partial charge in [0.15, 0.2) is 0 Å². The van der Waals surface area contributed by atoms with Crippen molar-refractivity contribution in [3.8, 4) is 0 Å². The normalized spacial score (nSPS) is 11.1. The van der Waals surface area contributed by atoms with Gasteiger partial charge >= 0.3 is 0 Å². The molecule has 0 aliphatic carbocycles. The van der Waals surface area contributed by atoms with E-state index in [0.29, 0.717) is 11.0 Å². The zero-order chi connectivity index (χ0) is 13.9. The van der Waals surface area contributed by atoms with Crippen molar-refractivity contribution >= 4 is 39.1 Å². The number of nitrogens with one attached hydrogen (secondary N) is 1. The lowest BCUT2D eigenvalue weighted by molar-refractivity contribution is 0.454. The van der Waals surface area contributed by atoms with Crippen LogP contribution < -0.4 is 5.32 Å². The van der Waals surface area contributed by atoms with Crippen LogP contribution in [0.25, 0.3) is 10.2 Å². The number of hydrogen-bond acceptors (Lipinski definition) is 7. The molecule has 3 aromatic rings. The van der Waals surface area contributed by atoms with E-state index in [1.165, 1.54) is 11.8 Å². The number of fused-ring (bicyclic) bond motifs is 1. The molecule has 104 valence electrons. The predicted octanol–water partition coefficient (Wildman–Crippen LogP) is 3.71. The molecule has 0 saturated heterocycles. The second kappa shape index (κ2) is 5.80. The quantitative estimate of drug-likeness (QED) is 0.725. The standard InChI is InChI=1S/C13H14N4OS2/c1-3-14-11-9-4-5-19-12(9)17-10(16-11)7-20-13-15-8(2)6-18-13/h4-6H,3,7H2,1-2H3,(H,14,16,17). The van der Waals surface area contributed by atoms with E-state index in [9.17, 15) is 0 Å². The van der Waals surface area contributed by atoms with Crippen LogP contribution in [0.1, 0.15) is 18.4 Å². The fraction of sp³-hybridized carbons (Fsp3) is 0.308. The number of nitrogens with zero attached hydrogens (tertiary/aromatic N) is 3. The SMILES string of the molecule is CCNc1nc(CSc2nc(C)co2)nc2sccc12. The van der Waals surface area contributed by atoms with E-state index in [1.807, 2.05) is 18.4 Å². The summed E-state index contributed by atoms with van der Waals surface area (Å²) in [4.78, 5) is 14.4. The largest absolute Gasteiger partial charge is 0.440 e. The first kappa shape index (κ1) is 13.4. The Balaban J connectivity index is 1.83. The zero-order valence-electron chi connectivity index (χ0n) is 11.2. The summed E-state index contributed by atoms with van der Waals surface area (Å²) < 4.78 is 5.32. The monoisotopic (exact) mass is 306 g/mol. The number of oxazole rings is 1. The number of anilines is 1. The topological polar surface area (TPSA) is 63.8 Å². The number of rotatable bonds is 5. The molecule has 0 radical (unpaired) electrons. The van der Waals surface area contributed by atoms with Gasteiger partial charge < -0.3 is 9.73 Å². The molecule has 0 bridgehead atoms. The minimum absolute atomic E-state index is 0.645. The summed E-state index contributed by atoms with van der Waals surface area (Å²) in [7, 11) is 0. The van der Waals surface area contributed by atoms with Gasteiger partial charge in [-0.1, -0.05) is 11.8 Å². The first-order valence-electron chi connectivity index (χ1n) is 6.29. The van der Waals surface area contributed by atoms with Crippen LogP contribution in [0.2, 0.25) is 0 Å². The fourth-order valence-electron chi connectivity index (χ4n) is 1.79. The van der Waals surface area contributed by atoms with Crippen LogP contribution in [-0.4, -0.2) is 21.5 Å². The molecule has 0 aliphatic rings. The zero-order valence-corrected chi connectivity index (χ0v) is 12.8. The highest BCUT2D eigenvalue weighted by Crippen LogP contribution is 2.27. The van der Waals surface area contributed by atoms with E-state index < -0.39 is 0 Å². The third-order valence-electron chi connectivity index (χ3n) is 2.64. The van der Waals surface area contributed by atoms with Gasteiger partial charge in [0.05, 0.1) is 16.8 Å². The molecule has 3 rings (SSSR count). The highest BCUT2D eigenvalue weighted by molar-refractivity contribution is 7.98. The first-order valence-corrected chi connectivity index (χ1v) is 8.15. The molecule has 0 atom stereocenters. The highest BCUT2D eigenvalue weighted by atomic mass is 32.2. The summed E-state index contributed by atoms with van der Waals surface area (Å²) in [6, 6.07) is 2.05. The van der Waals surface area contributed by atoms with Crippen LogP contribution in [-0.2, 0) is 5.75 Å². The Morgan fingerprint density at radius 1 is 1.35 bits per heavy atom. The Bertz CT molecular complexity index is 722. The minimum Gasteiger partial charge on any atom is -0.440 e. The van der Waals surface area contributed by atoms with Gasteiger partial charge in [0.25, 0.3) is 5.22 Å². The van der Waals surface area contributed by atoms with Gasteiger partial charge in [-0.15, -0.1) is 11.3 Å². The molecule has 0 aliphatic heterocycles. The number of aromatic nitrogens is 3. The van der Waals surface area contributed by atoms with E-state index in [0.717, 1.165) is 34.1 Å². The van der Waals surface area contributed by atoms with E-state index in [1.54, 1.807) is 17.6 Å². The van der Waals surface area contributed by atoms with Crippen molar-refractivity contribution in [3.63, 3.8) is 0 Å². The average molecular weight is 306 g/mol. The van der Waals surface area contributed by atoms with Crippen molar-refractivity contribution in [1.29, 1.82) is 0 Å². The van der Waals surface area contributed by atoms with Crippen LogP contribution in [0, 0.1) is 6.92 Å². The van der Waals surface area contributed by atoms with Crippen LogP contribution in [0.5, 0.6) is 0 Å². The molecule has 3 aromatic heterocycles. The first-order chi connectivity index (χ1) is 9.76. The summed E-state index contributed by atoms with van der Waals surface area (Å²) in [5.74, 6) is 2.33. The number of thioether (sulfide) groups is 1. The maximum atomic E-state index is 5.32. The Morgan fingerprint density at radius 3 is 3.00 bits per heavy atom. The van der Waals surface area contributed by atoms with Crippen LogP contribution in [0.15, 0.2) is 27.3 Å². The molecule has 0 saturated carbocycles. The predicted molar refractivity (Wildman–Crippen MR) is 82.4 cm³/mol. The van der Waals surface area contributed by atoms with Gasteiger partial charge in [0.2, 0.25) is 0 Å². The van der Waals surface area contributed by atoms with Gasteiger partial charge in [-0.2, -0.15) is 0 Å². The Kier molecular flexibility index (Phi) is 3.88. The maximum absolute atomic E-state index is 5.32. The van der Waals surface area contributed by atoms with Gasteiger partial charge in [-0.25, -0.2) is 15.0 Å². The summed E-state index contributed by atoms with van der Waals surface area (Å²) in [5, 5.41) is 7.06. The van der Waals surface area contributed by atoms with Gasteiger partial charge in [-0.05, 0) is 25.3 Å². The van der Waals surface area contributed by atoms with Gasteiger partial charge in [-0.3, -0.25) is 0 Å². The minimum atomic E-state index is 0.645. The molecule has 1 N–H and O–H groups in total. The van der Waals surface area contributed by atoms with Crippen LogP contribution in [0.4, 0.5) is 5.82 Å². The molecule has 0 aromatic carbocycles. The molecule has 7 heteroatoms. The smallest absolute Gasteiger partial charge is 0.256 e. The molecule has 20 heavy (non-hydrogen) atoms. The summed E-state index contributed by atoms with van der Waals surface area (Å²) in [5.41, 5.74) is 0.885. The van der Waals surface area contributed by atoms with E-state index in [4.69, 9.17) is 4.42 Å². The van der Waals surface area contributed by atoms with Crippen molar-refractivity contribution in [2.24, 2.45) is 0 Å². The van der Waals surface area contributed by atoms with Crippen molar-refractivity contribution in [3.05, 3.63) is 29.2 Å². The number of aryl methyl sites for hydroxylation is 1. The lowest BCUT2D eigenvalue weighted by Gasteiger charge is -2.06. The van der Waals surface area contributed by atoms with Crippen molar-refractivity contribution < 1.29 is 4.42 Å². The second-order valence-electron chi connectivity index (χ2n) is 4.20. The van der Waals surface area contributed by atoms with Crippen molar-refractivity contribution in [2.75, 3.05) is 11.9 Å². The molecular weight excluding hydrogens is 292 g/mol. The summed E-state index contributed by atoms with van der Waals surface area (Å²) in [6.45, 7) is 4.81. The van der Waals surface area contributed by atoms with Gasteiger partial charge in [0.1, 0.15) is 22.7 Å². The lowest BCUT2D eigenvalue weighted by atomic mass is 10.3. The van der Waals surface area contributed by atoms with E-state index in [-0.39, 0.29) is 0 Å². The van der Waals surface area contributed by atoms with Crippen LogP contribution in [0.3, 0.4) is 0 Å². The molecule has 0 spiro atoms. The molecule has 0 amide bonds. The number of hydrogen-bond donors (Lipinski definition) is 1. The molecule has 5 nitrogen and oxygen atoms in total. The third kappa shape index (κ3) is 2.78. The fourth-order valence-corrected chi connectivity index (χ4v) is 3.28. The third-order valence-corrected chi connectivity index (χ3v) is 4.28. The van der Waals surface area contributed by atoms with Gasteiger partial charge in [0, 0.05) is 6.54 Å². The second-order valence-corrected chi connectivity index (χ2v) is 6.02. The van der Waals surface area contributed by atoms with E-state index in [2.05, 4.69) is 27.2 Å². The Labute approximate surface area is 124 Å². The summed E-state index contributed by atoms with van der Waals surface area (Å²) >= 11 is 3.13. The van der Waals surface area contributed by atoms with E-state index >= 15 is 0 Å². The average Bonchev–Trinajstić information content (AvgIpc) is 3.05. The molecule has 0 unspecified atom stereocenters.